The average Bonchev–Trinajstić information content (AvgIpc) is 2.66. The molecule has 0 aliphatic heterocycles. The maximum atomic E-state index is 5.61. The first-order chi connectivity index (χ1) is 4.64. The fraction of sp³-hybridized carbons (Fsp3) is 1.00. The van der Waals surface area contributed by atoms with Gasteiger partial charge in [-0.25, -0.2) is 0 Å². The summed E-state index contributed by atoms with van der Waals surface area (Å²) in [6.45, 7) is 5.35. The Morgan fingerprint density at radius 1 is 1.36 bits per heavy atom. The van der Waals surface area contributed by atoms with E-state index in [0.717, 1.165) is 12.5 Å². The lowest BCUT2D eigenvalue weighted by Gasteiger charge is -2.21. The van der Waals surface area contributed by atoms with E-state index in [1.807, 2.05) is 0 Å². The lowest BCUT2D eigenvalue weighted by molar-refractivity contribution is 0.328. The van der Waals surface area contributed by atoms with E-state index in [9.17, 15) is 0 Å². The Morgan fingerprint density at radius 3 is 2.27 bits per heavy atom. The maximum Gasteiger partial charge on any atom is -0.00258 e. The average molecular weight is 178 g/mol. The fourth-order valence-electron chi connectivity index (χ4n) is 1.10. The molecule has 0 radical (unpaired) electrons. The van der Waals surface area contributed by atoms with E-state index in [0.29, 0.717) is 5.41 Å². The molecular formula is C9H20ClN. The molecule has 0 aromatic rings. The summed E-state index contributed by atoms with van der Waals surface area (Å²) in [5, 5.41) is 0. The van der Waals surface area contributed by atoms with Gasteiger partial charge in [-0.1, -0.05) is 26.7 Å². The molecule has 0 bridgehead atoms. The van der Waals surface area contributed by atoms with Crippen LogP contribution in [0, 0.1) is 11.3 Å². The van der Waals surface area contributed by atoms with Gasteiger partial charge in [0.2, 0.25) is 0 Å². The van der Waals surface area contributed by atoms with Gasteiger partial charge in [-0.2, -0.15) is 0 Å². The molecule has 0 heterocycles. The van der Waals surface area contributed by atoms with Crippen molar-refractivity contribution >= 4 is 12.4 Å². The van der Waals surface area contributed by atoms with E-state index in [1.165, 1.54) is 25.7 Å². The predicted molar refractivity (Wildman–Crippen MR) is 52.0 cm³/mol. The second-order valence-corrected chi connectivity index (χ2v) is 4.35. The Balaban J connectivity index is 0.000001000. The van der Waals surface area contributed by atoms with Gasteiger partial charge in [-0.3, -0.25) is 0 Å². The molecule has 0 saturated heterocycles. The van der Waals surface area contributed by atoms with Crippen LogP contribution in [0.5, 0.6) is 0 Å². The minimum absolute atomic E-state index is 0. The number of rotatable bonds is 4. The number of nitrogens with two attached hydrogens (primary N) is 1. The molecule has 0 atom stereocenters. The van der Waals surface area contributed by atoms with Crippen molar-refractivity contribution < 1.29 is 0 Å². The van der Waals surface area contributed by atoms with E-state index in [4.69, 9.17) is 5.73 Å². The molecule has 11 heavy (non-hydrogen) atoms. The van der Waals surface area contributed by atoms with Crippen molar-refractivity contribution in [2.75, 3.05) is 6.54 Å². The van der Waals surface area contributed by atoms with Gasteiger partial charge in [0.15, 0.2) is 0 Å². The Labute approximate surface area is 76.1 Å². The SMILES string of the molecule is CC(C)(CN)CCC1CC1.Cl. The molecule has 0 spiro atoms. The highest BCUT2D eigenvalue weighted by Crippen LogP contribution is 2.36. The van der Waals surface area contributed by atoms with Crippen LogP contribution in [0.2, 0.25) is 0 Å². The third-order valence-electron chi connectivity index (χ3n) is 2.48. The molecule has 0 unspecified atom stereocenters. The van der Waals surface area contributed by atoms with Crippen LogP contribution in [0.15, 0.2) is 0 Å². The lowest BCUT2D eigenvalue weighted by atomic mass is 9.87. The molecule has 68 valence electrons. The molecule has 2 heteroatoms. The summed E-state index contributed by atoms with van der Waals surface area (Å²) in [7, 11) is 0. The van der Waals surface area contributed by atoms with Gasteiger partial charge in [-0.05, 0) is 30.7 Å². The second-order valence-electron chi connectivity index (χ2n) is 4.35. The van der Waals surface area contributed by atoms with Gasteiger partial charge in [0, 0.05) is 0 Å². The summed E-state index contributed by atoms with van der Waals surface area (Å²) in [4.78, 5) is 0. The Bertz CT molecular complexity index is 108. The summed E-state index contributed by atoms with van der Waals surface area (Å²) < 4.78 is 0. The van der Waals surface area contributed by atoms with Gasteiger partial charge in [0.25, 0.3) is 0 Å². The highest BCUT2D eigenvalue weighted by molar-refractivity contribution is 5.85. The fourth-order valence-corrected chi connectivity index (χ4v) is 1.10. The van der Waals surface area contributed by atoms with E-state index in [2.05, 4.69) is 13.8 Å². The zero-order chi connectivity index (χ0) is 7.61. The molecule has 2 N–H and O–H groups in total. The molecule has 1 nitrogen and oxygen atoms in total. The molecule has 1 saturated carbocycles. The van der Waals surface area contributed by atoms with Crippen LogP contribution in [0.4, 0.5) is 0 Å². The van der Waals surface area contributed by atoms with Crippen molar-refractivity contribution in [1.29, 1.82) is 0 Å². The number of hydrogen-bond donors (Lipinski definition) is 1. The monoisotopic (exact) mass is 177 g/mol. The quantitative estimate of drug-likeness (QED) is 0.702. The molecule has 1 fully saturated rings. The van der Waals surface area contributed by atoms with Gasteiger partial charge in [-0.15, -0.1) is 12.4 Å². The van der Waals surface area contributed by atoms with E-state index < -0.39 is 0 Å². The first-order valence-electron chi connectivity index (χ1n) is 4.34. The van der Waals surface area contributed by atoms with E-state index in [1.54, 1.807) is 0 Å². The number of halogens is 1. The third kappa shape index (κ3) is 4.65. The maximum absolute atomic E-state index is 5.61. The summed E-state index contributed by atoms with van der Waals surface area (Å²) in [5.41, 5.74) is 6.00. The normalized spacial score (nSPS) is 17.7. The number of hydrogen-bond acceptors (Lipinski definition) is 1. The molecule has 1 aliphatic rings. The van der Waals surface area contributed by atoms with Gasteiger partial charge < -0.3 is 5.73 Å². The molecular weight excluding hydrogens is 158 g/mol. The molecule has 0 amide bonds. The predicted octanol–water partition coefficient (Wildman–Crippen LogP) is 2.58. The van der Waals surface area contributed by atoms with Crippen LogP contribution >= 0.6 is 12.4 Å². The summed E-state index contributed by atoms with van der Waals surface area (Å²) in [6.07, 6.45) is 5.67. The first-order valence-corrected chi connectivity index (χ1v) is 4.34. The van der Waals surface area contributed by atoms with Crippen LogP contribution in [0.1, 0.15) is 39.5 Å². The van der Waals surface area contributed by atoms with Gasteiger partial charge in [0.1, 0.15) is 0 Å². The molecule has 0 aromatic heterocycles. The molecule has 0 aromatic carbocycles. The van der Waals surface area contributed by atoms with Crippen molar-refractivity contribution in [3.05, 3.63) is 0 Å². The highest BCUT2D eigenvalue weighted by Gasteiger charge is 2.24. The molecule has 1 rings (SSSR count). The standard InChI is InChI=1S/C9H19N.ClH/c1-9(2,7-10)6-5-8-3-4-8;/h8H,3-7,10H2,1-2H3;1H. The zero-order valence-electron chi connectivity index (χ0n) is 7.60. The third-order valence-corrected chi connectivity index (χ3v) is 2.48. The van der Waals surface area contributed by atoms with Crippen LogP contribution in [0.3, 0.4) is 0 Å². The minimum atomic E-state index is 0. The summed E-state index contributed by atoms with van der Waals surface area (Å²) >= 11 is 0. The van der Waals surface area contributed by atoms with Gasteiger partial charge in [0.05, 0.1) is 0 Å². The Hall–Kier alpha value is 0.250. The van der Waals surface area contributed by atoms with Crippen LogP contribution < -0.4 is 5.73 Å². The largest absolute Gasteiger partial charge is 0.330 e. The van der Waals surface area contributed by atoms with Crippen LogP contribution in [-0.2, 0) is 0 Å². The highest BCUT2D eigenvalue weighted by atomic mass is 35.5. The van der Waals surface area contributed by atoms with Crippen molar-refractivity contribution in [2.45, 2.75) is 39.5 Å². The van der Waals surface area contributed by atoms with Crippen molar-refractivity contribution in [2.24, 2.45) is 17.1 Å². The lowest BCUT2D eigenvalue weighted by Crippen LogP contribution is -2.23. The van der Waals surface area contributed by atoms with Crippen LogP contribution in [0.25, 0.3) is 0 Å². The topological polar surface area (TPSA) is 26.0 Å². The summed E-state index contributed by atoms with van der Waals surface area (Å²) in [5.74, 6) is 1.06. The van der Waals surface area contributed by atoms with Crippen LogP contribution in [-0.4, -0.2) is 6.54 Å². The Kier molecular flexibility index (Phi) is 4.42. The smallest absolute Gasteiger partial charge is 0.00258 e. The first kappa shape index (κ1) is 11.2. The second kappa shape index (κ2) is 4.32. The van der Waals surface area contributed by atoms with Gasteiger partial charge >= 0.3 is 0 Å². The minimum Gasteiger partial charge on any atom is -0.330 e. The van der Waals surface area contributed by atoms with E-state index >= 15 is 0 Å². The van der Waals surface area contributed by atoms with Crippen molar-refractivity contribution in [1.82, 2.24) is 0 Å². The zero-order valence-corrected chi connectivity index (χ0v) is 8.41. The Morgan fingerprint density at radius 2 is 1.91 bits per heavy atom. The summed E-state index contributed by atoms with van der Waals surface area (Å²) in [6, 6.07) is 0. The van der Waals surface area contributed by atoms with E-state index in [-0.39, 0.29) is 12.4 Å². The van der Waals surface area contributed by atoms with Crippen molar-refractivity contribution in [3.63, 3.8) is 0 Å². The molecule has 1 aliphatic carbocycles. The van der Waals surface area contributed by atoms with Crippen molar-refractivity contribution in [3.8, 4) is 0 Å².